The molecule has 6 heteroatoms. The van der Waals surface area contributed by atoms with Crippen molar-refractivity contribution in [3.05, 3.63) is 88.3 Å². The van der Waals surface area contributed by atoms with Crippen LogP contribution in [0.1, 0.15) is 23.6 Å². The third-order valence-corrected chi connectivity index (χ3v) is 6.08. The number of hydrogen-bond donors (Lipinski definition) is 1. The first-order chi connectivity index (χ1) is 15.5. The van der Waals surface area contributed by atoms with E-state index in [0.29, 0.717) is 28.0 Å². The summed E-state index contributed by atoms with van der Waals surface area (Å²) in [5.74, 6) is 0.224. The number of rotatable bonds is 5. The summed E-state index contributed by atoms with van der Waals surface area (Å²) in [6.07, 6.45) is 1.69. The van der Waals surface area contributed by atoms with Crippen LogP contribution in [0.25, 0.3) is 6.08 Å². The highest BCUT2D eigenvalue weighted by molar-refractivity contribution is 8.19. The molecule has 0 aliphatic carbocycles. The average molecular weight is 445 g/mol. The van der Waals surface area contributed by atoms with E-state index in [4.69, 9.17) is 9.73 Å². The molecule has 5 nitrogen and oxygen atoms in total. The number of amidine groups is 1. The Kier molecular flexibility index (Phi) is 6.32. The molecule has 0 saturated carbocycles. The van der Waals surface area contributed by atoms with Gasteiger partial charge in [0.05, 0.1) is 22.9 Å². The highest BCUT2D eigenvalue weighted by Crippen LogP contribution is 2.40. The second-order valence-electron chi connectivity index (χ2n) is 7.35. The number of hydrogen-bond acceptors (Lipinski definition) is 5. The molecule has 3 aromatic rings. The number of carbonyl (C=O) groups excluding carboxylic acids is 1. The molecule has 0 spiro atoms. The molecule has 1 amide bonds. The van der Waals surface area contributed by atoms with Gasteiger partial charge in [-0.15, -0.1) is 0 Å². The number of carbonyl (C=O) groups is 1. The van der Waals surface area contributed by atoms with Crippen molar-refractivity contribution >= 4 is 40.3 Å². The van der Waals surface area contributed by atoms with E-state index in [-0.39, 0.29) is 11.7 Å². The summed E-state index contributed by atoms with van der Waals surface area (Å²) in [6.45, 7) is 6.26. The first-order valence-corrected chi connectivity index (χ1v) is 11.2. The molecule has 1 saturated heterocycles. The van der Waals surface area contributed by atoms with E-state index in [1.165, 1.54) is 11.8 Å². The van der Waals surface area contributed by atoms with Gasteiger partial charge in [-0.2, -0.15) is 0 Å². The number of nitrogens with zero attached hydrogens (tertiary/aromatic N) is 2. The van der Waals surface area contributed by atoms with Crippen molar-refractivity contribution in [1.82, 2.24) is 0 Å². The maximum absolute atomic E-state index is 13.5. The Balaban J connectivity index is 1.82. The Morgan fingerprint density at radius 1 is 1.00 bits per heavy atom. The van der Waals surface area contributed by atoms with Crippen molar-refractivity contribution < 1.29 is 14.6 Å². The van der Waals surface area contributed by atoms with Crippen molar-refractivity contribution in [3.63, 3.8) is 0 Å². The standard InChI is InChI=1S/C26H24N2O3S/c1-4-31-22-15-9-12-19(24(22)29)16-23-25(30)28(21-14-8-6-11-18(21)3)26(32-23)27-20-13-7-5-10-17(20)2/h5-16,29H,4H2,1-3H3/b23-16+,27-26?. The van der Waals surface area contributed by atoms with E-state index in [1.807, 2.05) is 69.3 Å². The lowest BCUT2D eigenvalue weighted by Gasteiger charge is -2.18. The van der Waals surface area contributed by atoms with Gasteiger partial charge in [0.1, 0.15) is 0 Å². The zero-order chi connectivity index (χ0) is 22.7. The van der Waals surface area contributed by atoms with E-state index >= 15 is 0 Å². The molecule has 0 unspecified atom stereocenters. The van der Waals surface area contributed by atoms with E-state index in [2.05, 4.69) is 0 Å². The quantitative estimate of drug-likeness (QED) is 0.475. The molecule has 1 N–H and O–H groups in total. The topological polar surface area (TPSA) is 62.1 Å². The second kappa shape index (κ2) is 9.32. The smallest absolute Gasteiger partial charge is 0.271 e. The zero-order valence-corrected chi connectivity index (χ0v) is 19.0. The molecule has 162 valence electrons. The van der Waals surface area contributed by atoms with E-state index in [0.717, 1.165) is 22.5 Å². The van der Waals surface area contributed by atoms with Gasteiger partial charge in [-0.3, -0.25) is 9.69 Å². The van der Waals surface area contributed by atoms with Gasteiger partial charge in [0.2, 0.25) is 0 Å². The third kappa shape index (κ3) is 4.27. The molecule has 3 aromatic carbocycles. The molecule has 1 aliphatic rings. The van der Waals surface area contributed by atoms with Gasteiger partial charge in [0, 0.05) is 5.56 Å². The molecule has 32 heavy (non-hydrogen) atoms. The van der Waals surface area contributed by atoms with Crippen molar-refractivity contribution in [2.45, 2.75) is 20.8 Å². The summed E-state index contributed by atoms with van der Waals surface area (Å²) in [6, 6.07) is 20.8. The summed E-state index contributed by atoms with van der Waals surface area (Å²) < 4.78 is 5.48. The van der Waals surface area contributed by atoms with Gasteiger partial charge in [-0.1, -0.05) is 48.5 Å². The molecular weight excluding hydrogens is 420 g/mol. The number of para-hydroxylation sites is 3. The Morgan fingerprint density at radius 2 is 1.72 bits per heavy atom. The lowest BCUT2D eigenvalue weighted by molar-refractivity contribution is -0.113. The van der Waals surface area contributed by atoms with Gasteiger partial charge in [-0.25, -0.2) is 4.99 Å². The van der Waals surface area contributed by atoms with E-state index in [9.17, 15) is 9.90 Å². The molecule has 0 atom stereocenters. The number of benzene rings is 3. The average Bonchev–Trinajstić information content (AvgIpc) is 3.08. The summed E-state index contributed by atoms with van der Waals surface area (Å²) in [5, 5.41) is 11.2. The van der Waals surface area contributed by atoms with E-state index < -0.39 is 0 Å². The van der Waals surface area contributed by atoms with Gasteiger partial charge in [-0.05, 0) is 67.9 Å². The van der Waals surface area contributed by atoms with Crippen LogP contribution in [0, 0.1) is 13.8 Å². The van der Waals surface area contributed by atoms with Crippen molar-refractivity contribution in [2.24, 2.45) is 4.99 Å². The van der Waals surface area contributed by atoms with Gasteiger partial charge in [0.25, 0.3) is 5.91 Å². The summed E-state index contributed by atoms with van der Waals surface area (Å²) in [4.78, 5) is 20.5. The number of amides is 1. The third-order valence-electron chi connectivity index (χ3n) is 5.11. The van der Waals surface area contributed by atoms with Gasteiger partial charge in [0.15, 0.2) is 16.7 Å². The predicted molar refractivity (Wildman–Crippen MR) is 132 cm³/mol. The van der Waals surface area contributed by atoms with Crippen molar-refractivity contribution in [3.8, 4) is 11.5 Å². The Hall–Kier alpha value is -3.51. The molecule has 0 bridgehead atoms. The number of ether oxygens (including phenoxy) is 1. The lowest BCUT2D eigenvalue weighted by atomic mass is 10.1. The minimum atomic E-state index is -0.183. The largest absolute Gasteiger partial charge is 0.504 e. The second-order valence-corrected chi connectivity index (χ2v) is 8.35. The number of phenols is 1. The normalized spacial score (nSPS) is 16.2. The van der Waals surface area contributed by atoms with Crippen LogP contribution in [0.4, 0.5) is 11.4 Å². The number of phenolic OH excluding ortho intramolecular Hbond substituents is 1. The first-order valence-electron chi connectivity index (χ1n) is 10.4. The first kappa shape index (κ1) is 21.7. The number of aromatic hydroxyl groups is 1. The molecule has 0 radical (unpaired) electrons. The summed E-state index contributed by atoms with van der Waals surface area (Å²) in [7, 11) is 0. The number of anilines is 1. The van der Waals surface area contributed by atoms with Gasteiger partial charge >= 0.3 is 0 Å². The minimum absolute atomic E-state index is 0.0157. The van der Waals surface area contributed by atoms with Crippen molar-refractivity contribution in [2.75, 3.05) is 11.5 Å². The van der Waals surface area contributed by atoms with Crippen LogP contribution < -0.4 is 9.64 Å². The Morgan fingerprint density at radius 3 is 2.44 bits per heavy atom. The van der Waals surface area contributed by atoms with E-state index in [1.54, 1.807) is 29.2 Å². The number of thioether (sulfide) groups is 1. The molecule has 1 heterocycles. The Labute approximate surface area is 192 Å². The summed E-state index contributed by atoms with van der Waals surface area (Å²) >= 11 is 1.29. The van der Waals surface area contributed by atoms with Crippen LogP contribution in [0.5, 0.6) is 11.5 Å². The lowest BCUT2D eigenvalue weighted by Crippen LogP contribution is -2.29. The van der Waals surface area contributed by atoms with Gasteiger partial charge < -0.3 is 9.84 Å². The number of aryl methyl sites for hydroxylation is 2. The van der Waals surface area contributed by atoms with Crippen molar-refractivity contribution in [1.29, 1.82) is 0 Å². The van der Waals surface area contributed by atoms with Crippen LogP contribution >= 0.6 is 11.8 Å². The molecule has 1 aliphatic heterocycles. The van der Waals surface area contributed by atoms with Crippen LogP contribution in [-0.4, -0.2) is 22.8 Å². The van der Waals surface area contributed by atoms with Crippen LogP contribution in [0.3, 0.4) is 0 Å². The SMILES string of the molecule is CCOc1cccc(/C=C2/SC(=Nc3ccccc3C)N(c3ccccc3C)C2=O)c1O. The van der Waals surface area contributed by atoms with Crippen LogP contribution in [0.15, 0.2) is 76.6 Å². The zero-order valence-electron chi connectivity index (χ0n) is 18.2. The van der Waals surface area contributed by atoms with Crippen LogP contribution in [-0.2, 0) is 4.79 Å². The highest BCUT2D eigenvalue weighted by atomic mass is 32.2. The fourth-order valence-electron chi connectivity index (χ4n) is 3.44. The predicted octanol–water partition coefficient (Wildman–Crippen LogP) is 6.22. The monoisotopic (exact) mass is 444 g/mol. The summed E-state index contributed by atoms with van der Waals surface area (Å²) in [5.41, 5.74) is 4.11. The van der Waals surface area contributed by atoms with Crippen LogP contribution in [0.2, 0.25) is 0 Å². The fourth-order valence-corrected chi connectivity index (χ4v) is 4.41. The minimum Gasteiger partial charge on any atom is -0.504 e. The number of aliphatic imine (C=N–C) groups is 1. The Bertz CT molecular complexity index is 1230. The fraction of sp³-hybridized carbons (Fsp3) is 0.154. The molecule has 1 fully saturated rings. The maximum atomic E-state index is 13.5. The molecule has 0 aromatic heterocycles. The maximum Gasteiger partial charge on any atom is 0.271 e. The molecule has 4 rings (SSSR count). The molecular formula is C26H24N2O3S. The highest BCUT2D eigenvalue weighted by Gasteiger charge is 2.35.